The topological polar surface area (TPSA) is 98.6 Å². The molecule has 106 valence electrons. The molecule has 7 heteroatoms. The maximum absolute atomic E-state index is 10.8. The maximum Gasteiger partial charge on any atom is 0.285 e. The van der Waals surface area contributed by atoms with E-state index >= 15 is 0 Å². The van der Waals surface area contributed by atoms with E-state index in [0.29, 0.717) is 24.3 Å². The van der Waals surface area contributed by atoms with E-state index in [1.54, 1.807) is 12.1 Å². The molecule has 0 amide bonds. The van der Waals surface area contributed by atoms with Crippen LogP contribution in [-0.2, 0) is 4.18 Å². The standard InChI is InChI=1S/C12H18N2O4S/c1-9-4-5-11(14(16)17)12(7-9)19-18-6-2-3-10(13)8-15/h4-5,7,10,15H,2-3,6,8,13H2,1H3/t10-/m0/s1. The lowest BCUT2D eigenvalue weighted by atomic mass is 10.2. The van der Waals surface area contributed by atoms with Crippen molar-refractivity contribution in [2.75, 3.05) is 13.2 Å². The predicted molar refractivity (Wildman–Crippen MR) is 73.9 cm³/mol. The third-order valence-electron chi connectivity index (χ3n) is 2.50. The SMILES string of the molecule is Cc1ccc([N+](=O)[O-])c(SOCCC[C@H](N)CO)c1. The molecule has 0 saturated heterocycles. The first-order chi connectivity index (χ1) is 9.04. The Morgan fingerprint density at radius 2 is 2.32 bits per heavy atom. The van der Waals surface area contributed by atoms with Crippen molar-refractivity contribution in [3.8, 4) is 0 Å². The lowest BCUT2D eigenvalue weighted by Crippen LogP contribution is -2.24. The smallest absolute Gasteiger partial charge is 0.285 e. The highest BCUT2D eigenvalue weighted by molar-refractivity contribution is 7.94. The van der Waals surface area contributed by atoms with Crippen molar-refractivity contribution >= 4 is 17.7 Å². The minimum Gasteiger partial charge on any atom is -0.395 e. The molecule has 0 heterocycles. The number of nitro benzene ring substituents is 1. The monoisotopic (exact) mass is 286 g/mol. The lowest BCUT2D eigenvalue weighted by molar-refractivity contribution is -0.387. The molecule has 1 aromatic carbocycles. The summed E-state index contributed by atoms with van der Waals surface area (Å²) in [6, 6.07) is 4.66. The molecule has 1 rings (SSSR count). The molecular formula is C12H18N2O4S. The summed E-state index contributed by atoms with van der Waals surface area (Å²) in [5, 5.41) is 19.6. The number of aliphatic hydroxyl groups excluding tert-OH is 1. The van der Waals surface area contributed by atoms with Gasteiger partial charge in [0.25, 0.3) is 5.69 Å². The van der Waals surface area contributed by atoms with Crippen molar-refractivity contribution < 1.29 is 14.2 Å². The molecule has 3 N–H and O–H groups in total. The fourth-order valence-electron chi connectivity index (χ4n) is 1.44. The third-order valence-corrected chi connectivity index (χ3v) is 3.29. The molecule has 0 spiro atoms. The average Bonchev–Trinajstić information content (AvgIpc) is 2.37. The van der Waals surface area contributed by atoms with Crippen LogP contribution in [0.5, 0.6) is 0 Å². The molecule has 0 saturated carbocycles. The number of hydrogen-bond donors (Lipinski definition) is 2. The van der Waals surface area contributed by atoms with Crippen LogP contribution in [0, 0.1) is 17.0 Å². The summed E-state index contributed by atoms with van der Waals surface area (Å²) in [7, 11) is 0. The van der Waals surface area contributed by atoms with Crippen molar-refractivity contribution in [3.63, 3.8) is 0 Å². The quantitative estimate of drug-likeness (QED) is 0.328. The van der Waals surface area contributed by atoms with Crippen LogP contribution in [0.25, 0.3) is 0 Å². The van der Waals surface area contributed by atoms with Gasteiger partial charge >= 0.3 is 0 Å². The Balaban J connectivity index is 2.44. The van der Waals surface area contributed by atoms with E-state index in [-0.39, 0.29) is 18.3 Å². The number of aliphatic hydroxyl groups is 1. The summed E-state index contributed by atoms with van der Waals surface area (Å²) in [5.41, 5.74) is 6.54. The molecule has 6 nitrogen and oxygen atoms in total. The fraction of sp³-hybridized carbons (Fsp3) is 0.500. The highest BCUT2D eigenvalue weighted by atomic mass is 32.2. The molecule has 19 heavy (non-hydrogen) atoms. The Kier molecular flexibility index (Phi) is 6.79. The van der Waals surface area contributed by atoms with Crippen molar-refractivity contribution in [3.05, 3.63) is 33.9 Å². The van der Waals surface area contributed by atoms with Gasteiger partial charge in [0.05, 0.1) is 18.1 Å². The Labute approximate surface area is 116 Å². The van der Waals surface area contributed by atoms with E-state index < -0.39 is 4.92 Å². The molecule has 0 aliphatic heterocycles. The number of nitrogens with zero attached hydrogens (tertiary/aromatic N) is 1. The molecule has 0 radical (unpaired) electrons. The Bertz CT molecular complexity index is 428. The van der Waals surface area contributed by atoms with Crippen LogP contribution in [0.3, 0.4) is 0 Å². The molecule has 0 aromatic heterocycles. The second-order valence-electron chi connectivity index (χ2n) is 4.22. The van der Waals surface area contributed by atoms with Crippen molar-refractivity contribution in [2.24, 2.45) is 5.73 Å². The van der Waals surface area contributed by atoms with Crippen molar-refractivity contribution in [1.82, 2.24) is 0 Å². The maximum atomic E-state index is 10.8. The van der Waals surface area contributed by atoms with E-state index in [9.17, 15) is 10.1 Å². The van der Waals surface area contributed by atoms with Gasteiger partial charge < -0.3 is 15.0 Å². The van der Waals surface area contributed by atoms with Crippen molar-refractivity contribution in [2.45, 2.75) is 30.7 Å². The summed E-state index contributed by atoms with van der Waals surface area (Å²) in [6.45, 7) is 2.26. The van der Waals surface area contributed by atoms with Crippen LogP contribution in [0.1, 0.15) is 18.4 Å². The molecule has 0 fully saturated rings. The highest BCUT2D eigenvalue weighted by Gasteiger charge is 2.14. The number of benzene rings is 1. The minimum atomic E-state index is -0.424. The first kappa shape index (κ1) is 15.9. The number of aryl methyl sites for hydroxylation is 1. The number of nitro groups is 1. The van der Waals surface area contributed by atoms with E-state index in [4.69, 9.17) is 15.0 Å². The van der Waals surface area contributed by atoms with Gasteiger partial charge in [0.1, 0.15) is 4.90 Å². The first-order valence-electron chi connectivity index (χ1n) is 5.95. The van der Waals surface area contributed by atoms with E-state index in [0.717, 1.165) is 17.6 Å². The first-order valence-corrected chi connectivity index (χ1v) is 6.69. The average molecular weight is 286 g/mol. The summed E-state index contributed by atoms with van der Waals surface area (Å²) >= 11 is 1.00. The van der Waals surface area contributed by atoms with Gasteiger partial charge in [-0.1, -0.05) is 6.07 Å². The van der Waals surface area contributed by atoms with Gasteiger partial charge in [-0.2, -0.15) is 0 Å². The molecule has 1 atom stereocenters. The Morgan fingerprint density at radius 1 is 1.58 bits per heavy atom. The van der Waals surface area contributed by atoms with Crippen LogP contribution in [0.15, 0.2) is 23.1 Å². The van der Waals surface area contributed by atoms with Crippen LogP contribution in [-0.4, -0.2) is 29.3 Å². The van der Waals surface area contributed by atoms with E-state index in [1.807, 2.05) is 6.92 Å². The van der Waals surface area contributed by atoms with Crippen LogP contribution >= 0.6 is 12.0 Å². The molecule has 1 aromatic rings. The predicted octanol–water partition coefficient (Wildman–Crippen LogP) is 2.03. The van der Waals surface area contributed by atoms with Crippen LogP contribution in [0.4, 0.5) is 5.69 Å². The summed E-state index contributed by atoms with van der Waals surface area (Å²) in [4.78, 5) is 10.9. The third kappa shape index (κ3) is 5.56. The van der Waals surface area contributed by atoms with Gasteiger partial charge in [0, 0.05) is 24.2 Å². The van der Waals surface area contributed by atoms with Crippen molar-refractivity contribution in [1.29, 1.82) is 0 Å². The van der Waals surface area contributed by atoms with Crippen LogP contribution in [0.2, 0.25) is 0 Å². The lowest BCUT2D eigenvalue weighted by Gasteiger charge is -2.07. The van der Waals surface area contributed by atoms with Gasteiger partial charge in [0.2, 0.25) is 0 Å². The number of nitrogens with two attached hydrogens (primary N) is 1. The zero-order valence-corrected chi connectivity index (χ0v) is 11.6. The second-order valence-corrected chi connectivity index (χ2v) is 5.06. The molecule has 0 bridgehead atoms. The molecule has 0 unspecified atom stereocenters. The number of rotatable bonds is 8. The summed E-state index contributed by atoms with van der Waals surface area (Å²) in [6.07, 6.45) is 1.36. The highest BCUT2D eigenvalue weighted by Crippen LogP contribution is 2.30. The number of hydrogen-bond acceptors (Lipinski definition) is 6. The summed E-state index contributed by atoms with van der Waals surface area (Å²) < 4.78 is 5.34. The molecule has 0 aliphatic rings. The van der Waals surface area contributed by atoms with Gasteiger partial charge in [0.15, 0.2) is 0 Å². The second kappa shape index (κ2) is 8.11. The largest absolute Gasteiger partial charge is 0.395 e. The minimum absolute atomic E-state index is 0.0441. The van der Waals surface area contributed by atoms with Gasteiger partial charge in [-0.3, -0.25) is 10.1 Å². The Morgan fingerprint density at radius 3 is 2.95 bits per heavy atom. The Hall–Kier alpha value is -1.15. The van der Waals surface area contributed by atoms with Crippen LogP contribution < -0.4 is 5.73 Å². The van der Waals surface area contributed by atoms with E-state index in [2.05, 4.69) is 0 Å². The summed E-state index contributed by atoms with van der Waals surface area (Å²) in [5.74, 6) is 0. The van der Waals surface area contributed by atoms with Gasteiger partial charge in [-0.15, -0.1) is 0 Å². The molecular weight excluding hydrogens is 268 g/mol. The van der Waals surface area contributed by atoms with Gasteiger partial charge in [-0.25, -0.2) is 0 Å². The van der Waals surface area contributed by atoms with E-state index in [1.165, 1.54) is 6.07 Å². The normalized spacial score (nSPS) is 12.4. The molecule has 0 aliphatic carbocycles. The fourth-order valence-corrected chi connectivity index (χ4v) is 2.23. The zero-order valence-electron chi connectivity index (χ0n) is 10.7. The zero-order chi connectivity index (χ0) is 14.3. The van der Waals surface area contributed by atoms with Gasteiger partial charge in [-0.05, 0) is 31.4 Å².